The highest BCUT2D eigenvalue weighted by atomic mass is 16.1. The Hall–Kier alpha value is -2.96. The number of nitrogens with zero attached hydrogens (tertiary/aromatic N) is 5. The van der Waals surface area contributed by atoms with Crippen molar-refractivity contribution in [2.75, 3.05) is 0 Å². The first-order valence-electron chi connectivity index (χ1n) is 7.74. The second kappa shape index (κ2) is 6.66. The smallest absolute Gasteiger partial charge is 0.251 e. The summed E-state index contributed by atoms with van der Waals surface area (Å²) in [6.45, 7) is 4.98. The molecule has 7 nitrogen and oxygen atoms in total. The van der Waals surface area contributed by atoms with Gasteiger partial charge < -0.3 is 9.88 Å². The Labute approximate surface area is 140 Å². The van der Waals surface area contributed by atoms with Gasteiger partial charge in [0.25, 0.3) is 5.91 Å². The minimum Gasteiger partial charge on any atom is -0.345 e. The fourth-order valence-corrected chi connectivity index (χ4v) is 2.55. The van der Waals surface area contributed by atoms with Crippen LogP contribution in [0.5, 0.6) is 0 Å². The maximum absolute atomic E-state index is 12.3. The van der Waals surface area contributed by atoms with Crippen LogP contribution in [-0.4, -0.2) is 30.5 Å². The van der Waals surface area contributed by atoms with E-state index in [1.807, 2.05) is 49.8 Å². The van der Waals surface area contributed by atoms with E-state index in [-0.39, 0.29) is 5.91 Å². The molecule has 0 aliphatic rings. The van der Waals surface area contributed by atoms with Gasteiger partial charge in [0.1, 0.15) is 6.33 Å². The first kappa shape index (κ1) is 15.9. The summed E-state index contributed by atoms with van der Waals surface area (Å²) >= 11 is 0. The van der Waals surface area contributed by atoms with Crippen LogP contribution >= 0.6 is 0 Å². The normalized spacial score (nSPS) is 10.8. The zero-order valence-corrected chi connectivity index (χ0v) is 14.0. The number of nitrogens with one attached hydrogen (secondary N) is 1. The number of carbonyl (C=O) groups excluding carboxylic acids is 1. The molecule has 0 atom stereocenters. The van der Waals surface area contributed by atoms with Gasteiger partial charge in [0.15, 0.2) is 5.82 Å². The number of aromatic nitrogens is 5. The molecular formula is C17H20N6O. The minimum atomic E-state index is -0.131. The Balaban J connectivity index is 1.69. The van der Waals surface area contributed by atoms with Crippen LogP contribution in [0.1, 0.15) is 33.1 Å². The molecule has 2 aromatic heterocycles. The fraction of sp³-hybridized carbons (Fsp3) is 0.294. The van der Waals surface area contributed by atoms with Crippen molar-refractivity contribution < 1.29 is 4.79 Å². The Morgan fingerprint density at radius 1 is 1.25 bits per heavy atom. The lowest BCUT2D eigenvalue weighted by Gasteiger charge is -2.08. The van der Waals surface area contributed by atoms with Gasteiger partial charge in [-0.2, -0.15) is 5.10 Å². The largest absolute Gasteiger partial charge is 0.345 e. The van der Waals surface area contributed by atoms with Crippen molar-refractivity contribution in [1.82, 2.24) is 29.9 Å². The number of rotatable bonds is 5. The van der Waals surface area contributed by atoms with Crippen molar-refractivity contribution >= 4 is 5.91 Å². The quantitative estimate of drug-likeness (QED) is 0.773. The Morgan fingerprint density at radius 3 is 2.75 bits per heavy atom. The zero-order chi connectivity index (χ0) is 17.1. The fourth-order valence-electron chi connectivity index (χ4n) is 2.55. The molecule has 24 heavy (non-hydrogen) atoms. The highest BCUT2D eigenvalue weighted by Gasteiger charge is 2.09. The molecule has 0 unspecified atom stereocenters. The molecule has 0 saturated carbocycles. The number of benzene rings is 1. The number of aryl methyl sites for hydroxylation is 3. The molecule has 1 aromatic carbocycles. The van der Waals surface area contributed by atoms with Crippen LogP contribution in [0.3, 0.4) is 0 Å². The van der Waals surface area contributed by atoms with E-state index in [0.717, 1.165) is 17.0 Å². The van der Waals surface area contributed by atoms with Gasteiger partial charge in [-0.1, -0.05) is 12.1 Å². The molecule has 0 fully saturated rings. The molecule has 1 amide bonds. The molecule has 3 rings (SSSR count). The summed E-state index contributed by atoms with van der Waals surface area (Å²) in [5.74, 6) is 0.579. The monoisotopic (exact) mass is 324 g/mol. The molecule has 0 radical (unpaired) electrons. The van der Waals surface area contributed by atoms with E-state index in [0.29, 0.717) is 24.5 Å². The topological polar surface area (TPSA) is 77.6 Å². The molecule has 2 heterocycles. The molecular weight excluding hydrogens is 304 g/mol. The molecule has 0 spiro atoms. The summed E-state index contributed by atoms with van der Waals surface area (Å²) in [6.07, 6.45) is 1.61. The van der Waals surface area contributed by atoms with Gasteiger partial charge in [-0.3, -0.25) is 9.48 Å². The predicted octanol–water partition coefficient (Wildman–Crippen LogP) is 1.61. The summed E-state index contributed by atoms with van der Waals surface area (Å²) in [5, 5.41) is 15.1. The third-order valence-corrected chi connectivity index (χ3v) is 3.84. The van der Waals surface area contributed by atoms with E-state index in [4.69, 9.17) is 0 Å². The van der Waals surface area contributed by atoms with Crippen LogP contribution in [0.25, 0.3) is 0 Å². The first-order valence-corrected chi connectivity index (χ1v) is 7.74. The zero-order valence-electron chi connectivity index (χ0n) is 14.0. The maximum atomic E-state index is 12.3. The van der Waals surface area contributed by atoms with Crippen molar-refractivity contribution in [1.29, 1.82) is 0 Å². The molecule has 7 heteroatoms. The third kappa shape index (κ3) is 3.51. The van der Waals surface area contributed by atoms with Gasteiger partial charge >= 0.3 is 0 Å². The van der Waals surface area contributed by atoms with E-state index in [1.165, 1.54) is 0 Å². The van der Waals surface area contributed by atoms with E-state index in [1.54, 1.807) is 17.0 Å². The van der Waals surface area contributed by atoms with Gasteiger partial charge in [0.2, 0.25) is 0 Å². The molecule has 1 N–H and O–H groups in total. The second-order valence-electron chi connectivity index (χ2n) is 5.83. The Morgan fingerprint density at radius 2 is 2.08 bits per heavy atom. The summed E-state index contributed by atoms with van der Waals surface area (Å²) in [4.78, 5) is 12.3. The molecule has 124 valence electrons. The van der Waals surface area contributed by atoms with Gasteiger partial charge in [-0.15, -0.1) is 10.2 Å². The van der Waals surface area contributed by atoms with Gasteiger partial charge in [-0.25, -0.2) is 0 Å². The maximum Gasteiger partial charge on any atom is 0.251 e. The number of hydrogen-bond donors (Lipinski definition) is 1. The van der Waals surface area contributed by atoms with Gasteiger partial charge in [0, 0.05) is 18.3 Å². The van der Waals surface area contributed by atoms with E-state index < -0.39 is 0 Å². The van der Waals surface area contributed by atoms with Crippen molar-refractivity contribution in [3.63, 3.8) is 0 Å². The predicted molar refractivity (Wildman–Crippen MR) is 89.4 cm³/mol. The molecule has 0 bridgehead atoms. The molecule has 0 aliphatic heterocycles. The average molecular weight is 324 g/mol. The number of hydrogen-bond acceptors (Lipinski definition) is 4. The van der Waals surface area contributed by atoms with Crippen molar-refractivity contribution in [3.05, 3.63) is 65.0 Å². The number of carbonyl (C=O) groups is 1. The van der Waals surface area contributed by atoms with Gasteiger partial charge in [-0.05, 0) is 37.6 Å². The summed E-state index contributed by atoms with van der Waals surface area (Å²) in [5.41, 5.74) is 3.75. The van der Waals surface area contributed by atoms with Crippen LogP contribution < -0.4 is 5.32 Å². The lowest BCUT2D eigenvalue weighted by Crippen LogP contribution is -2.24. The highest BCUT2D eigenvalue weighted by Crippen LogP contribution is 2.10. The first-order chi connectivity index (χ1) is 11.5. The Kier molecular flexibility index (Phi) is 4.41. The Bertz CT molecular complexity index is 864. The van der Waals surface area contributed by atoms with E-state index in [9.17, 15) is 4.79 Å². The highest BCUT2D eigenvalue weighted by molar-refractivity contribution is 5.94. The second-order valence-corrected chi connectivity index (χ2v) is 5.83. The van der Waals surface area contributed by atoms with Crippen molar-refractivity contribution in [3.8, 4) is 0 Å². The van der Waals surface area contributed by atoms with Crippen LogP contribution in [0, 0.1) is 13.8 Å². The summed E-state index contributed by atoms with van der Waals surface area (Å²) in [6, 6.07) is 9.62. The van der Waals surface area contributed by atoms with Crippen LogP contribution in [0.4, 0.5) is 0 Å². The van der Waals surface area contributed by atoms with Crippen LogP contribution in [0.15, 0.2) is 36.7 Å². The molecule has 0 aliphatic carbocycles. The summed E-state index contributed by atoms with van der Waals surface area (Å²) < 4.78 is 3.71. The molecule has 3 aromatic rings. The third-order valence-electron chi connectivity index (χ3n) is 3.84. The van der Waals surface area contributed by atoms with E-state index in [2.05, 4.69) is 20.6 Å². The van der Waals surface area contributed by atoms with Gasteiger partial charge in [0.05, 0.1) is 18.8 Å². The van der Waals surface area contributed by atoms with Crippen molar-refractivity contribution in [2.24, 2.45) is 7.05 Å². The van der Waals surface area contributed by atoms with E-state index >= 15 is 0 Å². The van der Waals surface area contributed by atoms with Crippen LogP contribution in [-0.2, 0) is 20.1 Å². The summed E-state index contributed by atoms with van der Waals surface area (Å²) in [7, 11) is 1.84. The van der Waals surface area contributed by atoms with Crippen molar-refractivity contribution in [2.45, 2.75) is 26.9 Å². The molecule has 0 saturated heterocycles. The lowest BCUT2D eigenvalue weighted by atomic mass is 10.1. The SMILES string of the molecule is Cc1cc(C)n(Cc2cccc(C(=O)NCc3nncn3C)c2)n1. The minimum absolute atomic E-state index is 0.131. The standard InChI is InChI=1S/C17H20N6O/c1-12-7-13(2)23(21-12)10-14-5-4-6-15(8-14)17(24)18-9-16-20-19-11-22(16)3/h4-8,11H,9-10H2,1-3H3,(H,18,24). The number of amides is 1. The average Bonchev–Trinajstić information content (AvgIpc) is 3.10. The lowest BCUT2D eigenvalue weighted by molar-refractivity contribution is 0.0949. The van der Waals surface area contributed by atoms with Crippen LogP contribution in [0.2, 0.25) is 0 Å².